The Morgan fingerprint density at radius 2 is 2.03 bits per heavy atom. The summed E-state index contributed by atoms with van der Waals surface area (Å²) in [7, 11) is 3.05. The molecule has 3 rings (SSSR count). The molecule has 0 aliphatic carbocycles. The summed E-state index contributed by atoms with van der Waals surface area (Å²) in [4.78, 5) is 15.5. The van der Waals surface area contributed by atoms with E-state index < -0.39 is 17.8 Å². The standard InChI is InChI=1S/C22H25ClFN3O5/c1-11(2)7-15(22(29)30)25-20-18(24)14-10-27(21(28)17(14)19(23)26-20)9-12-5-6-13(31-3)8-16(12)32-4/h5-6,8,10-11,15,25,28H,7,9H2,1-4H3,(H,29,30)/t15-/m1/s1. The fourth-order valence-corrected chi connectivity index (χ4v) is 3.76. The zero-order chi connectivity index (χ0) is 23.6. The van der Waals surface area contributed by atoms with E-state index in [2.05, 4.69) is 10.3 Å². The quantitative estimate of drug-likeness (QED) is 0.399. The first-order chi connectivity index (χ1) is 15.2. The predicted molar refractivity (Wildman–Crippen MR) is 120 cm³/mol. The number of aromatic nitrogens is 2. The van der Waals surface area contributed by atoms with Gasteiger partial charge < -0.3 is 29.6 Å². The van der Waals surface area contributed by atoms with Gasteiger partial charge in [-0.15, -0.1) is 0 Å². The average Bonchev–Trinajstić information content (AvgIpc) is 3.07. The fraction of sp³-hybridized carbons (Fsp3) is 0.364. The minimum atomic E-state index is -1.12. The van der Waals surface area contributed by atoms with Gasteiger partial charge >= 0.3 is 5.97 Å². The van der Waals surface area contributed by atoms with E-state index in [-0.39, 0.29) is 46.5 Å². The van der Waals surface area contributed by atoms with Crippen LogP contribution in [0.4, 0.5) is 10.2 Å². The first kappa shape index (κ1) is 23.5. The van der Waals surface area contributed by atoms with E-state index in [1.54, 1.807) is 25.3 Å². The molecule has 10 heteroatoms. The summed E-state index contributed by atoms with van der Waals surface area (Å²) < 4.78 is 27.2. The number of methoxy groups -OCH3 is 2. The molecule has 172 valence electrons. The van der Waals surface area contributed by atoms with Crippen LogP contribution in [0.1, 0.15) is 25.8 Å². The van der Waals surface area contributed by atoms with E-state index in [0.717, 1.165) is 5.56 Å². The van der Waals surface area contributed by atoms with Gasteiger partial charge in [-0.05, 0) is 24.5 Å². The lowest BCUT2D eigenvalue weighted by Gasteiger charge is -2.17. The van der Waals surface area contributed by atoms with Gasteiger partial charge in [-0.1, -0.05) is 25.4 Å². The van der Waals surface area contributed by atoms with Crippen LogP contribution < -0.4 is 14.8 Å². The molecule has 32 heavy (non-hydrogen) atoms. The number of carbonyl (C=O) groups is 1. The third-order valence-electron chi connectivity index (χ3n) is 5.06. The summed E-state index contributed by atoms with van der Waals surface area (Å²) in [5.41, 5.74) is 0.717. The van der Waals surface area contributed by atoms with E-state index in [0.29, 0.717) is 11.5 Å². The Morgan fingerprint density at radius 1 is 1.31 bits per heavy atom. The van der Waals surface area contributed by atoms with Crippen molar-refractivity contribution < 1.29 is 28.9 Å². The molecule has 2 heterocycles. The maximum Gasteiger partial charge on any atom is 0.326 e. The highest BCUT2D eigenvalue weighted by molar-refractivity contribution is 6.35. The summed E-state index contributed by atoms with van der Waals surface area (Å²) in [5.74, 6) is -1.26. The number of benzene rings is 1. The van der Waals surface area contributed by atoms with Crippen LogP contribution in [0.2, 0.25) is 5.15 Å². The molecule has 0 fully saturated rings. The Kier molecular flexibility index (Phi) is 6.98. The second-order valence-electron chi connectivity index (χ2n) is 7.78. The Balaban J connectivity index is 2.02. The average molecular weight is 466 g/mol. The smallest absolute Gasteiger partial charge is 0.326 e. The van der Waals surface area contributed by atoms with Gasteiger partial charge in [0.05, 0.1) is 26.2 Å². The summed E-state index contributed by atoms with van der Waals surface area (Å²) in [6.07, 6.45) is 1.68. The second kappa shape index (κ2) is 9.52. The normalized spacial score (nSPS) is 12.2. The lowest BCUT2D eigenvalue weighted by atomic mass is 10.0. The minimum absolute atomic E-state index is 0.0196. The van der Waals surface area contributed by atoms with E-state index >= 15 is 4.39 Å². The van der Waals surface area contributed by atoms with Crippen LogP contribution >= 0.6 is 11.6 Å². The molecule has 3 aromatic rings. The van der Waals surface area contributed by atoms with Crippen LogP contribution in [0.15, 0.2) is 24.4 Å². The monoisotopic (exact) mass is 465 g/mol. The molecule has 8 nitrogen and oxygen atoms in total. The number of rotatable bonds is 9. The van der Waals surface area contributed by atoms with Crippen molar-refractivity contribution >= 4 is 34.2 Å². The zero-order valence-electron chi connectivity index (χ0n) is 18.1. The molecule has 0 saturated heterocycles. The molecule has 0 aliphatic heterocycles. The van der Waals surface area contributed by atoms with Gasteiger partial charge in [0.2, 0.25) is 5.88 Å². The lowest BCUT2D eigenvalue weighted by Crippen LogP contribution is -2.31. The maximum atomic E-state index is 15.2. The number of aliphatic carboxylic acids is 1. The summed E-state index contributed by atoms with van der Waals surface area (Å²) in [6, 6.07) is 4.18. The molecule has 1 atom stereocenters. The van der Waals surface area contributed by atoms with Crippen LogP contribution in [-0.4, -0.2) is 46.0 Å². The first-order valence-corrected chi connectivity index (χ1v) is 10.3. The molecule has 0 aliphatic rings. The molecular formula is C22H25ClFN3O5. The SMILES string of the molecule is COc1ccc(Cn2cc3c(F)c(N[C@H](CC(C)C)C(=O)O)nc(Cl)c3c2O)c(OC)c1. The number of pyridine rings is 1. The van der Waals surface area contributed by atoms with Gasteiger partial charge in [0, 0.05) is 23.2 Å². The van der Waals surface area contributed by atoms with Crippen molar-refractivity contribution in [2.45, 2.75) is 32.9 Å². The Labute approximate surface area is 189 Å². The number of fused-ring (bicyclic) bond motifs is 1. The molecule has 3 N–H and O–H groups in total. The summed E-state index contributed by atoms with van der Waals surface area (Å²) in [5, 5.41) is 22.7. The van der Waals surface area contributed by atoms with E-state index in [1.165, 1.54) is 17.9 Å². The zero-order valence-corrected chi connectivity index (χ0v) is 18.9. The molecule has 0 bridgehead atoms. The van der Waals surface area contributed by atoms with Crippen molar-refractivity contribution in [2.75, 3.05) is 19.5 Å². The largest absolute Gasteiger partial charge is 0.497 e. The van der Waals surface area contributed by atoms with Gasteiger partial charge in [-0.2, -0.15) is 0 Å². The minimum Gasteiger partial charge on any atom is -0.497 e. The Hall–Kier alpha value is -3.20. The van der Waals surface area contributed by atoms with Crippen LogP contribution in [0.3, 0.4) is 0 Å². The van der Waals surface area contributed by atoms with Crippen molar-refractivity contribution in [3.8, 4) is 17.4 Å². The van der Waals surface area contributed by atoms with Crippen LogP contribution in [0.25, 0.3) is 10.8 Å². The van der Waals surface area contributed by atoms with E-state index in [4.69, 9.17) is 21.1 Å². The Morgan fingerprint density at radius 3 is 2.62 bits per heavy atom. The van der Waals surface area contributed by atoms with Gasteiger partial charge in [-0.3, -0.25) is 0 Å². The molecule has 2 aromatic heterocycles. The molecule has 0 spiro atoms. The Bertz CT molecular complexity index is 1150. The molecule has 0 amide bonds. The van der Waals surface area contributed by atoms with E-state index in [9.17, 15) is 15.0 Å². The summed E-state index contributed by atoms with van der Waals surface area (Å²) >= 11 is 6.24. The number of halogens is 2. The van der Waals surface area contributed by atoms with Gasteiger partial charge in [0.25, 0.3) is 0 Å². The number of aromatic hydroxyl groups is 1. The van der Waals surface area contributed by atoms with Gasteiger partial charge in [0.15, 0.2) is 11.6 Å². The molecule has 0 radical (unpaired) electrons. The number of anilines is 1. The van der Waals surface area contributed by atoms with Crippen molar-refractivity contribution in [2.24, 2.45) is 5.92 Å². The van der Waals surface area contributed by atoms with Gasteiger partial charge in [-0.25, -0.2) is 14.2 Å². The predicted octanol–water partition coefficient (Wildman–Crippen LogP) is 4.51. The maximum absolute atomic E-state index is 15.2. The topological polar surface area (TPSA) is 106 Å². The lowest BCUT2D eigenvalue weighted by molar-refractivity contribution is -0.138. The fourth-order valence-electron chi connectivity index (χ4n) is 3.49. The number of hydrogen-bond acceptors (Lipinski definition) is 6. The number of carboxylic acid groups (broad SMARTS) is 1. The van der Waals surface area contributed by atoms with Crippen molar-refractivity contribution in [1.29, 1.82) is 0 Å². The van der Waals surface area contributed by atoms with Crippen LogP contribution in [0, 0.1) is 11.7 Å². The third kappa shape index (κ3) is 4.67. The van der Waals surface area contributed by atoms with Crippen LogP contribution in [0.5, 0.6) is 17.4 Å². The van der Waals surface area contributed by atoms with E-state index in [1.807, 2.05) is 13.8 Å². The number of ether oxygens (including phenoxy) is 2. The number of nitrogens with zero attached hydrogens (tertiary/aromatic N) is 2. The first-order valence-electron chi connectivity index (χ1n) is 9.93. The highest BCUT2D eigenvalue weighted by Gasteiger charge is 2.25. The third-order valence-corrected chi connectivity index (χ3v) is 5.34. The van der Waals surface area contributed by atoms with Crippen molar-refractivity contribution in [1.82, 2.24) is 9.55 Å². The highest BCUT2D eigenvalue weighted by Crippen LogP contribution is 2.38. The molecule has 0 unspecified atom stereocenters. The number of carboxylic acids is 1. The molecule has 1 aromatic carbocycles. The summed E-state index contributed by atoms with van der Waals surface area (Å²) in [6.45, 7) is 3.89. The number of hydrogen-bond donors (Lipinski definition) is 3. The van der Waals surface area contributed by atoms with Gasteiger partial charge in [0.1, 0.15) is 22.7 Å². The second-order valence-corrected chi connectivity index (χ2v) is 8.13. The van der Waals surface area contributed by atoms with Crippen molar-refractivity contribution in [3.63, 3.8) is 0 Å². The molecular weight excluding hydrogens is 441 g/mol. The van der Waals surface area contributed by atoms with Crippen LogP contribution in [-0.2, 0) is 11.3 Å². The highest BCUT2D eigenvalue weighted by atomic mass is 35.5. The molecule has 0 saturated carbocycles. The number of nitrogens with one attached hydrogen (secondary N) is 1. The van der Waals surface area contributed by atoms with Crippen molar-refractivity contribution in [3.05, 3.63) is 40.9 Å².